The van der Waals surface area contributed by atoms with E-state index in [1.54, 1.807) is 48.5 Å². The number of benzene rings is 3. The lowest BCUT2D eigenvalue weighted by atomic mass is 10.3. The standard InChI is InChI=1S/C22H22N2O5S/c1-28-19-14-10-18(11-15-19)24(30(2,26)27)16-22(25)23-17-8-12-21(13-9-17)29-20-6-4-3-5-7-20/h3-15H,16H2,1-2H3,(H,23,25). The molecule has 3 aromatic rings. The van der Waals surface area contributed by atoms with Crippen molar-refractivity contribution in [3.63, 3.8) is 0 Å². The lowest BCUT2D eigenvalue weighted by molar-refractivity contribution is -0.114. The largest absolute Gasteiger partial charge is 0.497 e. The van der Waals surface area contributed by atoms with Crippen LogP contribution in [-0.4, -0.2) is 34.2 Å². The normalized spacial score (nSPS) is 10.9. The van der Waals surface area contributed by atoms with E-state index in [9.17, 15) is 13.2 Å². The molecule has 1 N–H and O–H groups in total. The summed E-state index contributed by atoms with van der Waals surface area (Å²) in [5, 5.41) is 2.70. The molecule has 7 nitrogen and oxygen atoms in total. The van der Waals surface area contributed by atoms with E-state index in [-0.39, 0.29) is 6.54 Å². The summed E-state index contributed by atoms with van der Waals surface area (Å²) in [7, 11) is -2.13. The highest BCUT2D eigenvalue weighted by Crippen LogP contribution is 2.24. The fourth-order valence-electron chi connectivity index (χ4n) is 2.71. The Morgan fingerprint density at radius 2 is 1.43 bits per heavy atom. The number of amides is 1. The van der Waals surface area contributed by atoms with Crippen LogP contribution < -0.4 is 19.1 Å². The molecule has 0 aromatic heterocycles. The monoisotopic (exact) mass is 426 g/mol. The molecule has 0 saturated carbocycles. The van der Waals surface area contributed by atoms with E-state index >= 15 is 0 Å². The number of carbonyl (C=O) groups excluding carboxylic acids is 1. The van der Waals surface area contributed by atoms with Gasteiger partial charge in [-0.05, 0) is 60.7 Å². The van der Waals surface area contributed by atoms with Gasteiger partial charge in [0.2, 0.25) is 15.9 Å². The summed E-state index contributed by atoms with van der Waals surface area (Å²) in [5.41, 5.74) is 0.906. The lowest BCUT2D eigenvalue weighted by Gasteiger charge is -2.22. The minimum absolute atomic E-state index is 0.354. The molecule has 1 amide bonds. The molecule has 0 aliphatic heterocycles. The number of hydrogen-bond donors (Lipinski definition) is 1. The Kier molecular flexibility index (Phi) is 6.58. The first kappa shape index (κ1) is 21.2. The molecular formula is C22H22N2O5S. The Morgan fingerprint density at radius 3 is 2.00 bits per heavy atom. The van der Waals surface area contributed by atoms with Crippen LogP contribution in [0.3, 0.4) is 0 Å². The van der Waals surface area contributed by atoms with Gasteiger partial charge in [0.25, 0.3) is 0 Å². The number of carbonyl (C=O) groups is 1. The second kappa shape index (κ2) is 9.32. The predicted octanol–water partition coefficient (Wildman–Crippen LogP) is 3.89. The summed E-state index contributed by atoms with van der Waals surface area (Å²) < 4.78 is 36.2. The fourth-order valence-corrected chi connectivity index (χ4v) is 3.57. The Hall–Kier alpha value is -3.52. The third-order valence-corrected chi connectivity index (χ3v) is 5.31. The average molecular weight is 426 g/mol. The van der Waals surface area contributed by atoms with Gasteiger partial charge in [0.15, 0.2) is 0 Å². The van der Waals surface area contributed by atoms with E-state index in [0.717, 1.165) is 10.6 Å². The van der Waals surface area contributed by atoms with Gasteiger partial charge in [0.1, 0.15) is 23.8 Å². The van der Waals surface area contributed by atoms with Crippen molar-refractivity contribution in [1.82, 2.24) is 0 Å². The molecule has 0 fully saturated rings. The summed E-state index contributed by atoms with van der Waals surface area (Å²) in [6.07, 6.45) is 1.06. The molecule has 0 heterocycles. The van der Waals surface area contributed by atoms with Gasteiger partial charge in [-0.25, -0.2) is 8.42 Å². The minimum Gasteiger partial charge on any atom is -0.497 e. The van der Waals surface area contributed by atoms with Crippen molar-refractivity contribution in [2.45, 2.75) is 0 Å². The van der Waals surface area contributed by atoms with Crippen LogP contribution in [0.25, 0.3) is 0 Å². The Labute approximate surface area is 175 Å². The predicted molar refractivity (Wildman–Crippen MR) is 117 cm³/mol. The molecule has 0 aliphatic carbocycles. The number of nitrogens with zero attached hydrogens (tertiary/aromatic N) is 1. The quantitative estimate of drug-likeness (QED) is 0.591. The molecule has 30 heavy (non-hydrogen) atoms. The van der Waals surface area contributed by atoms with Gasteiger partial charge in [-0.2, -0.15) is 0 Å². The van der Waals surface area contributed by atoms with Crippen LogP contribution in [0.1, 0.15) is 0 Å². The van der Waals surface area contributed by atoms with Crippen molar-refractivity contribution in [2.75, 3.05) is 29.5 Å². The fraction of sp³-hybridized carbons (Fsp3) is 0.136. The van der Waals surface area contributed by atoms with Gasteiger partial charge in [0.05, 0.1) is 19.1 Å². The van der Waals surface area contributed by atoms with Crippen LogP contribution in [0, 0.1) is 0 Å². The zero-order valence-corrected chi connectivity index (χ0v) is 17.4. The zero-order chi connectivity index (χ0) is 21.6. The lowest BCUT2D eigenvalue weighted by Crippen LogP contribution is -2.37. The first-order valence-corrected chi connectivity index (χ1v) is 10.9. The van der Waals surface area contributed by atoms with Gasteiger partial charge in [-0.1, -0.05) is 18.2 Å². The van der Waals surface area contributed by atoms with E-state index in [0.29, 0.717) is 28.6 Å². The number of ether oxygens (including phenoxy) is 2. The second-order valence-corrected chi connectivity index (χ2v) is 8.36. The van der Waals surface area contributed by atoms with Crippen molar-refractivity contribution in [1.29, 1.82) is 0 Å². The maximum Gasteiger partial charge on any atom is 0.245 e. The number of sulfonamides is 1. The van der Waals surface area contributed by atoms with Gasteiger partial charge < -0.3 is 14.8 Å². The smallest absolute Gasteiger partial charge is 0.245 e. The zero-order valence-electron chi connectivity index (χ0n) is 16.6. The summed E-state index contributed by atoms with van der Waals surface area (Å²) in [6, 6.07) is 22.6. The molecule has 0 spiro atoms. The van der Waals surface area contributed by atoms with Gasteiger partial charge in [0, 0.05) is 5.69 Å². The molecule has 8 heteroatoms. The molecular weight excluding hydrogens is 404 g/mol. The molecule has 156 valence electrons. The topological polar surface area (TPSA) is 84.9 Å². The molecule has 3 aromatic carbocycles. The summed E-state index contributed by atoms with van der Waals surface area (Å²) >= 11 is 0. The highest BCUT2D eigenvalue weighted by atomic mass is 32.2. The minimum atomic E-state index is -3.65. The maximum absolute atomic E-state index is 12.5. The highest BCUT2D eigenvalue weighted by Gasteiger charge is 2.21. The number of rotatable bonds is 8. The van der Waals surface area contributed by atoms with Crippen LogP contribution in [0.4, 0.5) is 11.4 Å². The molecule has 0 bridgehead atoms. The van der Waals surface area contributed by atoms with Gasteiger partial charge >= 0.3 is 0 Å². The van der Waals surface area contributed by atoms with Crippen molar-refractivity contribution < 1.29 is 22.7 Å². The number of nitrogens with one attached hydrogen (secondary N) is 1. The van der Waals surface area contributed by atoms with Gasteiger partial charge in [-0.15, -0.1) is 0 Å². The van der Waals surface area contributed by atoms with Crippen molar-refractivity contribution in [3.8, 4) is 17.2 Å². The molecule has 0 aliphatic rings. The maximum atomic E-state index is 12.5. The average Bonchev–Trinajstić information content (AvgIpc) is 2.73. The van der Waals surface area contributed by atoms with Crippen LogP contribution in [0.2, 0.25) is 0 Å². The van der Waals surface area contributed by atoms with E-state index < -0.39 is 15.9 Å². The summed E-state index contributed by atoms with van der Waals surface area (Å²) in [6.45, 7) is -0.354. The van der Waals surface area contributed by atoms with E-state index in [4.69, 9.17) is 9.47 Å². The number of anilines is 2. The molecule has 0 saturated heterocycles. The highest BCUT2D eigenvalue weighted by molar-refractivity contribution is 7.92. The molecule has 0 unspecified atom stereocenters. The van der Waals surface area contributed by atoms with E-state index in [2.05, 4.69) is 5.32 Å². The van der Waals surface area contributed by atoms with Crippen molar-refractivity contribution >= 4 is 27.3 Å². The van der Waals surface area contributed by atoms with E-state index in [1.807, 2.05) is 30.3 Å². The number of methoxy groups -OCH3 is 1. The van der Waals surface area contributed by atoms with Crippen LogP contribution in [0.15, 0.2) is 78.9 Å². The molecule has 3 rings (SSSR count). The van der Waals surface area contributed by atoms with E-state index in [1.165, 1.54) is 7.11 Å². The summed E-state index contributed by atoms with van der Waals surface area (Å²) in [5.74, 6) is 1.45. The van der Waals surface area contributed by atoms with Crippen molar-refractivity contribution in [3.05, 3.63) is 78.9 Å². The molecule has 0 radical (unpaired) electrons. The number of para-hydroxylation sites is 1. The Morgan fingerprint density at radius 1 is 0.867 bits per heavy atom. The van der Waals surface area contributed by atoms with Gasteiger partial charge in [-0.3, -0.25) is 9.10 Å². The van der Waals surface area contributed by atoms with Crippen molar-refractivity contribution in [2.24, 2.45) is 0 Å². The first-order chi connectivity index (χ1) is 14.3. The SMILES string of the molecule is COc1ccc(N(CC(=O)Nc2ccc(Oc3ccccc3)cc2)S(C)(=O)=O)cc1. The molecule has 0 atom stereocenters. The van der Waals surface area contributed by atoms with Crippen LogP contribution >= 0.6 is 0 Å². The number of hydrogen-bond acceptors (Lipinski definition) is 5. The Bertz CT molecular complexity index is 1080. The van der Waals surface area contributed by atoms with Crippen LogP contribution in [0.5, 0.6) is 17.2 Å². The summed E-state index contributed by atoms with van der Waals surface area (Å²) in [4.78, 5) is 12.5. The second-order valence-electron chi connectivity index (χ2n) is 6.46. The third kappa shape index (κ3) is 5.74. The Balaban J connectivity index is 1.66. The van der Waals surface area contributed by atoms with Crippen LogP contribution in [-0.2, 0) is 14.8 Å². The first-order valence-electron chi connectivity index (χ1n) is 9.10. The third-order valence-electron chi connectivity index (χ3n) is 4.16.